The molecule has 0 spiro atoms. The topological polar surface area (TPSA) is 101 Å². The maximum absolute atomic E-state index is 12.8. The summed E-state index contributed by atoms with van der Waals surface area (Å²) >= 11 is 0. The Hall–Kier alpha value is -2.40. The Kier molecular flexibility index (Phi) is 5.48. The van der Waals surface area contributed by atoms with E-state index in [9.17, 15) is 26.4 Å². The molecule has 2 N–H and O–H groups in total. The predicted octanol–water partition coefficient (Wildman–Crippen LogP) is 1.87. The molecule has 3 rings (SSSR count). The molecule has 0 bridgehead atoms. The number of nitrogens with one attached hydrogen (secondary N) is 2. The fourth-order valence-corrected chi connectivity index (χ4v) is 4.01. The van der Waals surface area contributed by atoms with Crippen LogP contribution in [0.25, 0.3) is 11.3 Å². The standard InChI is InChI=1S/C17H18F3N3O4S/c1-28(25,26)9-13-6-12(7-21-13)23-15(24)16-22-8-14(27-16)10-3-2-4-11(5-10)17(18,19)20/h2-5,8,12-13,21H,6-7,9H2,1H3,(H,23,24)/t12-,13+/m1/s1. The average Bonchev–Trinajstić information content (AvgIpc) is 3.22. The third-order valence-electron chi connectivity index (χ3n) is 4.24. The van der Waals surface area contributed by atoms with Crippen molar-refractivity contribution in [2.45, 2.75) is 24.7 Å². The quantitative estimate of drug-likeness (QED) is 0.770. The maximum Gasteiger partial charge on any atom is 0.416 e. The van der Waals surface area contributed by atoms with Crippen LogP contribution < -0.4 is 10.6 Å². The van der Waals surface area contributed by atoms with Gasteiger partial charge in [-0.05, 0) is 18.6 Å². The van der Waals surface area contributed by atoms with Gasteiger partial charge < -0.3 is 15.1 Å². The number of carbonyl (C=O) groups excluding carboxylic acids is 1. The minimum absolute atomic E-state index is 0.0297. The van der Waals surface area contributed by atoms with Gasteiger partial charge in [-0.25, -0.2) is 13.4 Å². The molecule has 0 unspecified atom stereocenters. The zero-order valence-electron chi connectivity index (χ0n) is 14.8. The lowest BCUT2D eigenvalue weighted by molar-refractivity contribution is -0.137. The van der Waals surface area contributed by atoms with Crippen LogP contribution in [-0.2, 0) is 16.0 Å². The summed E-state index contributed by atoms with van der Waals surface area (Å²) < 4.78 is 66.5. The molecule has 0 radical (unpaired) electrons. The van der Waals surface area contributed by atoms with E-state index in [2.05, 4.69) is 15.6 Å². The van der Waals surface area contributed by atoms with Gasteiger partial charge in [0.15, 0.2) is 5.76 Å². The number of carbonyl (C=O) groups is 1. The van der Waals surface area contributed by atoms with Crippen molar-refractivity contribution < 1.29 is 30.8 Å². The van der Waals surface area contributed by atoms with E-state index >= 15 is 0 Å². The molecule has 2 atom stereocenters. The number of rotatable bonds is 5. The minimum atomic E-state index is -4.49. The van der Waals surface area contributed by atoms with Crippen molar-refractivity contribution in [3.63, 3.8) is 0 Å². The fourth-order valence-electron chi connectivity index (χ4n) is 3.03. The molecule has 1 aliphatic rings. The molecule has 1 saturated heterocycles. The van der Waals surface area contributed by atoms with Crippen LogP contribution in [0.2, 0.25) is 0 Å². The summed E-state index contributed by atoms with van der Waals surface area (Å²) in [7, 11) is -3.14. The van der Waals surface area contributed by atoms with E-state index < -0.39 is 27.5 Å². The molecule has 7 nitrogen and oxygen atoms in total. The summed E-state index contributed by atoms with van der Waals surface area (Å²) in [6.07, 6.45) is -1.74. The van der Waals surface area contributed by atoms with Gasteiger partial charge >= 0.3 is 12.1 Å². The van der Waals surface area contributed by atoms with Crippen LogP contribution in [0.5, 0.6) is 0 Å². The molecule has 1 aromatic carbocycles. The highest BCUT2D eigenvalue weighted by atomic mass is 32.2. The molecule has 1 aliphatic heterocycles. The Bertz CT molecular complexity index is 972. The molecule has 0 aliphatic carbocycles. The van der Waals surface area contributed by atoms with Crippen molar-refractivity contribution in [2.75, 3.05) is 18.6 Å². The van der Waals surface area contributed by atoms with Gasteiger partial charge in [0, 0.05) is 30.4 Å². The van der Waals surface area contributed by atoms with Crippen LogP contribution in [0.1, 0.15) is 22.7 Å². The first kappa shape index (κ1) is 20.3. The number of halogens is 3. The summed E-state index contributed by atoms with van der Waals surface area (Å²) in [4.78, 5) is 16.1. The second-order valence-corrected chi connectivity index (χ2v) is 8.90. The second-order valence-electron chi connectivity index (χ2n) is 6.71. The number of oxazole rings is 1. The average molecular weight is 417 g/mol. The van der Waals surface area contributed by atoms with Crippen LogP contribution in [0.3, 0.4) is 0 Å². The molecule has 0 saturated carbocycles. The van der Waals surface area contributed by atoms with E-state index in [1.54, 1.807) is 0 Å². The predicted molar refractivity (Wildman–Crippen MR) is 94.3 cm³/mol. The zero-order valence-corrected chi connectivity index (χ0v) is 15.6. The van der Waals surface area contributed by atoms with Gasteiger partial charge in [0.1, 0.15) is 9.84 Å². The van der Waals surface area contributed by atoms with E-state index in [4.69, 9.17) is 4.42 Å². The molecular formula is C17H18F3N3O4S. The van der Waals surface area contributed by atoms with Gasteiger partial charge in [-0.1, -0.05) is 12.1 Å². The van der Waals surface area contributed by atoms with Crippen molar-refractivity contribution in [3.05, 3.63) is 41.9 Å². The van der Waals surface area contributed by atoms with Crippen LogP contribution in [0, 0.1) is 0 Å². The number of amides is 1. The Labute approximate surface area is 159 Å². The third kappa shape index (κ3) is 5.10. The van der Waals surface area contributed by atoms with Crippen LogP contribution >= 0.6 is 0 Å². The number of sulfone groups is 1. The van der Waals surface area contributed by atoms with Crippen LogP contribution in [-0.4, -0.2) is 49.9 Å². The second kappa shape index (κ2) is 7.55. The van der Waals surface area contributed by atoms with Crippen LogP contribution in [0.4, 0.5) is 13.2 Å². The number of alkyl halides is 3. The SMILES string of the molecule is CS(=O)(=O)C[C@@H]1C[C@@H](NC(=O)c2ncc(-c3cccc(C(F)(F)F)c3)o2)CN1. The first-order valence-electron chi connectivity index (χ1n) is 8.37. The summed E-state index contributed by atoms with van der Waals surface area (Å²) in [5, 5.41) is 5.70. The van der Waals surface area contributed by atoms with Crippen molar-refractivity contribution in [1.82, 2.24) is 15.6 Å². The monoisotopic (exact) mass is 417 g/mol. The normalized spacial score (nSPS) is 20.3. The lowest BCUT2D eigenvalue weighted by Crippen LogP contribution is -2.36. The molecule has 1 fully saturated rings. The summed E-state index contributed by atoms with van der Waals surface area (Å²) in [6.45, 7) is 0.396. The zero-order chi connectivity index (χ0) is 20.5. The molecule has 11 heteroatoms. The first-order chi connectivity index (χ1) is 13.0. The van der Waals surface area contributed by atoms with E-state index in [1.807, 2.05) is 0 Å². The van der Waals surface area contributed by atoms with Gasteiger partial charge in [0.25, 0.3) is 5.89 Å². The largest absolute Gasteiger partial charge is 0.432 e. The highest BCUT2D eigenvalue weighted by Crippen LogP contribution is 2.32. The van der Waals surface area contributed by atoms with Crippen molar-refractivity contribution in [3.8, 4) is 11.3 Å². The van der Waals surface area contributed by atoms with Gasteiger partial charge in [-0.2, -0.15) is 13.2 Å². The molecule has 2 aromatic rings. The Balaban J connectivity index is 1.65. The number of benzene rings is 1. The Morgan fingerprint density at radius 3 is 2.82 bits per heavy atom. The Morgan fingerprint density at radius 1 is 1.39 bits per heavy atom. The van der Waals surface area contributed by atoms with Gasteiger partial charge in [0.05, 0.1) is 17.5 Å². The number of hydrogen-bond acceptors (Lipinski definition) is 6. The minimum Gasteiger partial charge on any atom is -0.432 e. The van der Waals surface area contributed by atoms with E-state index in [0.717, 1.165) is 18.4 Å². The lowest BCUT2D eigenvalue weighted by atomic mass is 10.1. The fraction of sp³-hybridized carbons (Fsp3) is 0.412. The highest BCUT2D eigenvalue weighted by Gasteiger charge is 2.31. The molecular weight excluding hydrogens is 399 g/mol. The van der Waals surface area contributed by atoms with E-state index in [1.165, 1.54) is 18.3 Å². The molecule has 28 heavy (non-hydrogen) atoms. The lowest BCUT2D eigenvalue weighted by Gasteiger charge is -2.10. The maximum atomic E-state index is 12.8. The summed E-state index contributed by atoms with van der Waals surface area (Å²) in [6, 6.07) is 3.96. The van der Waals surface area contributed by atoms with Crippen molar-refractivity contribution >= 4 is 15.7 Å². The summed E-state index contributed by atoms with van der Waals surface area (Å²) in [5.41, 5.74) is -0.682. The number of aromatic nitrogens is 1. The van der Waals surface area contributed by atoms with Gasteiger partial charge in [0.2, 0.25) is 0 Å². The number of hydrogen-bond donors (Lipinski definition) is 2. The highest BCUT2D eigenvalue weighted by molar-refractivity contribution is 7.90. The van der Waals surface area contributed by atoms with E-state index in [0.29, 0.717) is 13.0 Å². The van der Waals surface area contributed by atoms with E-state index in [-0.39, 0.29) is 35.1 Å². The first-order valence-corrected chi connectivity index (χ1v) is 10.4. The molecule has 1 aromatic heterocycles. The van der Waals surface area contributed by atoms with Crippen molar-refractivity contribution in [1.29, 1.82) is 0 Å². The molecule has 152 valence electrons. The molecule has 1 amide bonds. The van der Waals surface area contributed by atoms with Crippen molar-refractivity contribution in [2.24, 2.45) is 0 Å². The smallest absolute Gasteiger partial charge is 0.416 e. The summed E-state index contributed by atoms with van der Waals surface area (Å²) in [5.74, 6) is -0.891. The van der Waals surface area contributed by atoms with Gasteiger partial charge in [-0.15, -0.1) is 0 Å². The third-order valence-corrected chi connectivity index (χ3v) is 5.24. The van der Waals surface area contributed by atoms with Crippen LogP contribution in [0.15, 0.2) is 34.9 Å². The molecule has 2 heterocycles. The van der Waals surface area contributed by atoms with Gasteiger partial charge in [-0.3, -0.25) is 4.79 Å². The Morgan fingerprint density at radius 2 is 2.14 bits per heavy atom. The number of nitrogens with zero attached hydrogens (tertiary/aromatic N) is 1.